The first kappa shape index (κ1) is 63.6. The Bertz CT molecular complexity index is 4270. The van der Waals surface area contributed by atoms with Crippen LogP contribution in [0, 0.1) is 82.2 Å². The number of hydrogen-bond acceptors (Lipinski definition) is 1. The summed E-state index contributed by atoms with van der Waals surface area (Å²) in [5, 5.41) is 12.5. The molecule has 0 radical (unpaired) electrons. The Kier molecular flexibility index (Phi) is 21.2. The highest BCUT2D eigenvalue weighted by atomic mass is 35.5. The first-order valence-corrected chi connectivity index (χ1v) is 27.9. The zero-order valence-electron chi connectivity index (χ0n) is 46.9. The van der Waals surface area contributed by atoms with Crippen molar-refractivity contribution in [2.45, 2.75) is 87.0 Å². The van der Waals surface area contributed by atoms with E-state index in [1.165, 1.54) is 79.7 Å². The molecule has 0 heterocycles. The SMILES string of the molecule is CCc1c(F)c(F)c2c(F)c(F)c3c(C)c(F)c(F)c4c(F)c(F)c1c2c34.CCc1cc(Cl)cc(Cl)c1.CCc1ccc(C#N)cc1.CCc1ccc(F)c(F)c1.CCc1ccc(F)cc1.CCc1ccc2ccc3cccc4ccc1c2c34. The summed E-state index contributed by atoms with van der Waals surface area (Å²) in [5.74, 6) is -16.1. The maximum atomic E-state index is 14.7. The minimum absolute atomic E-state index is 0.160. The van der Waals surface area contributed by atoms with Crippen LogP contribution in [0.4, 0.5) is 48.3 Å². The van der Waals surface area contributed by atoms with Crippen molar-refractivity contribution >= 4 is 87.8 Å². The predicted octanol–water partition coefficient (Wildman–Crippen LogP) is 22.3. The van der Waals surface area contributed by atoms with E-state index in [-0.39, 0.29) is 12.2 Å². The molecule has 14 heteroatoms. The summed E-state index contributed by atoms with van der Waals surface area (Å²) in [6.07, 6.45) is 4.49. The summed E-state index contributed by atoms with van der Waals surface area (Å²) in [4.78, 5) is 0. The highest BCUT2D eigenvalue weighted by Gasteiger charge is 2.33. The molecule has 0 spiro atoms. The van der Waals surface area contributed by atoms with E-state index in [0.717, 1.165) is 56.2 Å². The van der Waals surface area contributed by atoms with Crippen LogP contribution in [0.1, 0.15) is 86.1 Å². The van der Waals surface area contributed by atoms with Gasteiger partial charge in [-0.2, -0.15) is 5.26 Å². The minimum atomic E-state index is -1.90. The number of benzene rings is 12. The lowest BCUT2D eigenvalue weighted by atomic mass is 9.87. The molecule has 0 aromatic heterocycles. The number of nitrogens with zero attached hydrogens (tertiary/aromatic N) is 1. The van der Waals surface area contributed by atoms with Crippen molar-refractivity contribution in [3.63, 3.8) is 0 Å². The number of hydrogen-bond donors (Lipinski definition) is 0. The minimum Gasteiger partial charge on any atom is -0.207 e. The van der Waals surface area contributed by atoms with E-state index in [4.69, 9.17) is 28.5 Å². The van der Waals surface area contributed by atoms with Crippen LogP contribution in [0.2, 0.25) is 10.0 Å². The third-order valence-electron chi connectivity index (χ3n) is 14.5. The third kappa shape index (κ3) is 13.3. The van der Waals surface area contributed by atoms with Gasteiger partial charge in [0.15, 0.2) is 58.2 Å². The molecule has 0 fully saturated rings. The molecule has 0 aliphatic heterocycles. The summed E-state index contributed by atoms with van der Waals surface area (Å²) in [6, 6.07) is 45.9. The van der Waals surface area contributed by atoms with Crippen molar-refractivity contribution in [2.75, 3.05) is 0 Å². The van der Waals surface area contributed by atoms with Gasteiger partial charge in [0.1, 0.15) is 5.82 Å². The largest absolute Gasteiger partial charge is 0.207 e. The van der Waals surface area contributed by atoms with Crippen LogP contribution in [-0.4, -0.2) is 0 Å². The van der Waals surface area contributed by atoms with Crippen molar-refractivity contribution in [1.29, 1.82) is 5.26 Å². The molecule has 12 aromatic rings. The third-order valence-corrected chi connectivity index (χ3v) is 14.9. The lowest BCUT2D eigenvalue weighted by molar-refractivity contribution is 0.483. The van der Waals surface area contributed by atoms with Gasteiger partial charge in [0, 0.05) is 37.2 Å². The van der Waals surface area contributed by atoms with Gasteiger partial charge < -0.3 is 0 Å². The molecule has 12 aromatic carbocycles. The fraction of sp³-hybridized carbons (Fsp3) is 0.186. The van der Waals surface area contributed by atoms with Gasteiger partial charge in [0.2, 0.25) is 0 Å². The van der Waals surface area contributed by atoms with E-state index in [1.54, 1.807) is 24.3 Å². The van der Waals surface area contributed by atoms with Crippen molar-refractivity contribution in [3.05, 3.63) is 258 Å². The Labute approximate surface area is 490 Å². The molecule has 0 saturated heterocycles. The smallest absolute Gasteiger partial charge is 0.170 e. The van der Waals surface area contributed by atoms with E-state index in [1.807, 2.05) is 50.2 Å². The fourth-order valence-electron chi connectivity index (χ4n) is 9.96. The van der Waals surface area contributed by atoms with Crippen LogP contribution >= 0.6 is 23.2 Å². The summed E-state index contributed by atoms with van der Waals surface area (Å²) in [6.45, 7) is 12.6. The van der Waals surface area contributed by atoms with Crippen LogP contribution in [0.5, 0.6) is 0 Å². The van der Waals surface area contributed by atoms with Crippen molar-refractivity contribution < 1.29 is 48.3 Å². The van der Waals surface area contributed by atoms with Crippen LogP contribution in [-0.2, 0) is 38.5 Å². The quantitative estimate of drug-likeness (QED) is 0.120. The molecular formula is C70H56Cl2F11N. The van der Waals surface area contributed by atoms with Gasteiger partial charge in [0.05, 0.1) is 22.4 Å². The number of aryl methyl sites for hydroxylation is 7. The first-order valence-electron chi connectivity index (χ1n) is 27.1. The number of rotatable bonds is 6. The average molecular weight is 1190 g/mol. The molecule has 1 nitrogen and oxygen atoms in total. The van der Waals surface area contributed by atoms with Crippen molar-refractivity contribution in [1.82, 2.24) is 0 Å². The Morgan fingerprint density at radius 1 is 0.357 bits per heavy atom. The van der Waals surface area contributed by atoms with Crippen LogP contribution < -0.4 is 0 Å². The molecular weight excluding hydrogens is 1130 g/mol. The van der Waals surface area contributed by atoms with Gasteiger partial charge in [-0.1, -0.05) is 150 Å². The summed E-state index contributed by atoms with van der Waals surface area (Å²) < 4.78 is 153. The molecule has 0 aliphatic carbocycles. The van der Waals surface area contributed by atoms with Crippen LogP contribution in [0.15, 0.2) is 140 Å². The molecule has 84 heavy (non-hydrogen) atoms. The van der Waals surface area contributed by atoms with Crippen LogP contribution in [0.3, 0.4) is 0 Å². The molecule has 0 saturated carbocycles. The van der Waals surface area contributed by atoms with Crippen LogP contribution in [0.25, 0.3) is 64.6 Å². The Morgan fingerprint density at radius 3 is 1.32 bits per heavy atom. The van der Waals surface area contributed by atoms with E-state index in [9.17, 15) is 48.3 Å². The zero-order chi connectivity index (χ0) is 61.3. The Balaban J connectivity index is 0.000000154. The number of halogens is 13. The van der Waals surface area contributed by atoms with Gasteiger partial charge in [0.25, 0.3) is 0 Å². The molecule has 0 bridgehead atoms. The highest BCUT2D eigenvalue weighted by Crippen LogP contribution is 2.46. The number of nitriles is 1. The predicted molar refractivity (Wildman–Crippen MR) is 321 cm³/mol. The van der Waals surface area contributed by atoms with E-state index >= 15 is 0 Å². The molecule has 0 aliphatic rings. The Morgan fingerprint density at radius 2 is 0.810 bits per heavy atom. The maximum Gasteiger partial charge on any atom is 0.170 e. The van der Waals surface area contributed by atoms with E-state index in [2.05, 4.69) is 81.4 Å². The topological polar surface area (TPSA) is 23.8 Å². The lowest BCUT2D eigenvalue weighted by Gasteiger charge is -2.19. The molecule has 0 amide bonds. The summed E-state index contributed by atoms with van der Waals surface area (Å²) in [7, 11) is 0. The lowest BCUT2D eigenvalue weighted by Crippen LogP contribution is -2.08. The van der Waals surface area contributed by atoms with Gasteiger partial charge in [-0.25, -0.2) is 48.3 Å². The van der Waals surface area contributed by atoms with Crippen molar-refractivity contribution in [2.24, 2.45) is 0 Å². The van der Waals surface area contributed by atoms with Gasteiger partial charge in [-0.05, 0) is 166 Å². The van der Waals surface area contributed by atoms with Gasteiger partial charge in [-0.15, -0.1) is 0 Å². The summed E-state index contributed by atoms with van der Waals surface area (Å²) >= 11 is 11.5. The monoisotopic (exact) mass is 1190 g/mol. The highest BCUT2D eigenvalue weighted by molar-refractivity contribution is 6.34. The average Bonchev–Trinajstić information content (AvgIpc) is 0.758. The molecule has 432 valence electrons. The van der Waals surface area contributed by atoms with E-state index < -0.39 is 102 Å². The normalized spacial score (nSPS) is 10.9. The van der Waals surface area contributed by atoms with Gasteiger partial charge >= 0.3 is 0 Å². The zero-order valence-corrected chi connectivity index (χ0v) is 48.4. The molecule has 0 atom stereocenters. The molecule has 0 unspecified atom stereocenters. The fourth-order valence-corrected chi connectivity index (χ4v) is 10.5. The maximum absolute atomic E-state index is 14.7. The molecule has 12 rings (SSSR count). The van der Waals surface area contributed by atoms with E-state index in [0.29, 0.717) is 10.0 Å². The van der Waals surface area contributed by atoms with Crippen molar-refractivity contribution in [3.8, 4) is 6.07 Å². The second-order valence-corrected chi connectivity index (χ2v) is 20.4. The summed E-state index contributed by atoms with van der Waals surface area (Å²) in [5.41, 5.74) is 5.31. The first-order chi connectivity index (χ1) is 40.2. The second kappa shape index (κ2) is 28.1. The Hall–Kier alpha value is -7.98. The second-order valence-electron chi connectivity index (χ2n) is 19.5. The standard InChI is InChI=1S/C19H8F8.C18H14.C9H9N.C8H8Cl2.C8H8F2.C8H9F/c1-3-5-7-9-8-6(14(22)18(26)11(9)17(25)13(5)21)4(2)12(20)16(24)10(8)19(27)15(7)23;1-2-12-6-7-15-9-8-13-4-3-5-14-10-11-16(12)18(15)17(13)14;1-2-8-3-5-9(7-10)6-4-8;1-2-6-3-7(9)5-8(10)4-6;1-2-6-3-4-7(9)8(10)5-6;1-2-7-3-5-8(9)6-4-7/h3H2,1-2H3;3-11H,2H2,1H3;3-6H,2H2,1H3;2*3-5H,2H2,1H3;3-6H,2H2,1H3. The molecule has 0 N–H and O–H groups in total. The van der Waals surface area contributed by atoms with Gasteiger partial charge in [-0.3, -0.25) is 0 Å².